The number of ether oxygens (including phenoxy) is 2. The van der Waals surface area contributed by atoms with Crippen molar-refractivity contribution in [2.24, 2.45) is 0 Å². The van der Waals surface area contributed by atoms with Crippen LogP contribution in [0.4, 0.5) is 5.69 Å². The Labute approximate surface area is 149 Å². The molecular weight excluding hydrogens is 340 g/mol. The topological polar surface area (TPSA) is 108 Å². The maximum atomic E-state index is 12.5. The molecule has 0 aliphatic carbocycles. The van der Waals surface area contributed by atoms with Crippen LogP contribution in [-0.2, 0) is 9.53 Å². The minimum atomic E-state index is -0.792. The van der Waals surface area contributed by atoms with Crippen molar-refractivity contribution >= 4 is 23.6 Å². The number of nitro groups is 1. The maximum Gasteiger partial charge on any atom is 0.354 e. The molecule has 134 valence electrons. The number of methoxy groups -OCH3 is 2. The summed E-state index contributed by atoms with van der Waals surface area (Å²) < 4.78 is 9.79. The molecular formula is C18H16N2O6. The highest BCUT2D eigenvalue weighted by molar-refractivity contribution is 6.04. The van der Waals surface area contributed by atoms with Gasteiger partial charge in [-0.05, 0) is 23.8 Å². The third kappa shape index (κ3) is 4.44. The van der Waals surface area contributed by atoms with Gasteiger partial charge in [0.1, 0.15) is 11.4 Å². The maximum absolute atomic E-state index is 12.5. The van der Waals surface area contributed by atoms with Crippen molar-refractivity contribution in [1.82, 2.24) is 5.32 Å². The summed E-state index contributed by atoms with van der Waals surface area (Å²) in [5.41, 5.74) is 0.284. The van der Waals surface area contributed by atoms with Crippen molar-refractivity contribution in [1.29, 1.82) is 0 Å². The van der Waals surface area contributed by atoms with E-state index in [1.54, 1.807) is 24.3 Å². The molecule has 2 rings (SSSR count). The van der Waals surface area contributed by atoms with Gasteiger partial charge < -0.3 is 14.8 Å². The zero-order valence-electron chi connectivity index (χ0n) is 14.1. The molecule has 0 bridgehead atoms. The molecule has 0 radical (unpaired) electrons. The number of carbonyl (C=O) groups excluding carboxylic acids is 2. The molecule has 0 saturated heterocycles. The van der Waals surface area contributed by atoms with Crippen LogP contribution in [0.1, 0.15) is 15.9 Å². The third-order valence-corrected chi connectivity index (χ3v) is 3.40. The number of para-hydroxylation sites is 1. The Morgan fingerprint density at radius 3 is 2.50 bits per heavy atom. The Bertz CT molecular complexity index is 875. The van der Waals surface area contributed by atoms with Crippen molar-refractivity contribution in [3.8, 4) is 5.75 Å². The first-order valence-electron chi connectivity index (χ1n) is 7.45. The summed E-state index contributed by atoms with van der Waals surface area (Å²) in [4.78, 5) is 34.8. The second-order valence-electron chi connectivity index (χ2n) is 5.06. The lowest BCUT2D eigenvalue weighted by molar-refractivity contribution is -0.384. The van der Waals surface area contributed by atoms with Crippen LogP contribution in [0, 0.1) is 10.1 Å². The first-order chi connectivity index (χ1) is 12.5. The van der Waals surface area contributed by atoms with Gasteiger partial charge in [-0.2, -0.15) is 0 Å². The van der Waals surface area contributed by atoms with E-state index in [0.29, 0.717) is 11.3 Å². The lowest BCUT2D eigenvalue weighted by atomic mass is 10.1. The smallest absolute Gasteiger partial charge is 0.354 e. The number of carbonyl (C=O) groups is 2. The van der Waals surface area contributed by atoms with E-state index >= 15 is 0 Å². The van der Waals surface area contributed by atoms with Gasteiger partial charge in [0.2, 0.25) is 0 Å². The highest BCUT2D eigenvalue weighted by Crippen LogP contribution is 2.19. The van der Waals surface area contributed by atoms with Gasteiger partial charge in [0.25, 0.3) is 11.6 Å². The second kappa shape index (κ2) is 8.43. The van der Waals surface area contributed by atoms with Gasteiger partial charge in [-0.15, -0.1) is 0 Å². The summed E-state index contributed by atoms with van der Waals surface area (Å²) in [7, 11) is 2.59. The Hall–Kier alpha value is -3.68. The number of nitro benzene ring substituents is 1. The summed E-state index contributed by atoms with van der Waals surface area (Å²) in [5, 5.41) is 13.3. The lowest BCUT2D eigenvalue weighted by Crippen LogP contribution is -2.28. The first-order valence-corrected chi connectivity index (χ1v) is 7.45. The fourth-order valence-corrected chi connectivity index (χ4v) is 2.17. The molecule has 0 unspecified atom stereocenters. The Balaban J connectivity index is 2.36. The van der Waals surface area contributed by atoms with Gasteiger partial charge in [-0.3, -0.25) is 14.9 Å². The predicted octanol–water partition coefficient (Wildman–Crippen LogP) is 2.55. The van der Waals surface area contributed by atoms with Crippen LogP contribution in [0.25, 0.3) is 6.08 Å². The minimum Gasteiger partial charge on any atom is -0.496 e. The van der Waals surface area contributed by atoms with Crippen LogP contribution in [0.2, 0.25) is 0 Å². The van der Waals surface area contributed by atoms with Crippen molar-refractivity contribution in [2.45, 2.75) is 0 Å². The van der Waals surface area contributed by atoms with Crippen LogP contribution >= 0.6 is 0 Å². The van der Waals surface area contributed by atoms with Crippen molar-refractivity contribution in [3.63, 3.8) is 0 Å². The fourth-order valence-electron chi connectivity index (χ4n) is 2.17. The molecule has 0 aliphatic heterocycles. The van der Waals surface area contributed by atoms with E-state index in [4.69, 9.17) is 4.74 Å². The minimum absolute atomic E-state index is 0.140. The van der Waals surface area contributed by atoms with E-state index in [9.17, 15) is 19.7 Å². The molecule has 0 heterocycles. The number of nitrogens with zero attached hydrogens (tertiary/aromatic N) is 1. The summed E-state index contributed by atoms with van der Waals surface area (Å²) in [5.74, 6) is -1.03. The van der Waals surface area contributed by atoms with Gasteiger partial charge in [-0.25, -0.2) is 4.79 Å². The summed E-state index contributed by atoms with van der Waals surface area (Å²) in [6, 6.07) is 12.1. The van der Waals surface area contributed by atoms with E-state index in [0.717, 1.165) is 0 Å². The Kier molecular flexibility index (Phi) is 6.05. The second-order valence-corrected chi connectivity index (χ2v) is 5.06. The van der Waals surface area contributed by atoms with E-state index < -0.39 is 16.8 Å². The number of amides is 1. The number of non-ortho nitro benzene ring substituents is 1. The van der Waals surface area contributed by atoms with Gasteiger partial charge >= 0.3 is 5.97 Å². The van der Waals surface area contributed by atoms with Gasteiger partial charge in [0.05, 0.1) is 24.7 Å². The van der Waals surface area contributed by atoms with Crippen LogP contribution in [-0.4, -0.2) is 31.0 Å². The summed E-state index contributed by atoms with van der Waals surface area (Å²) in [6.07, 6.45) is 1.30. The Morgan fingerprint density at radius 1 is 1.12 bits per heavy atom. The fraction of sp³-hybridized carbons (Fsp3) is 0.111. The summed E-state index contributed by atoms with van der Waals surface area (Å²) >= 11 is 0. The molecule has 8 nitrogen and oxygen atoms in total. The highest BCUT2D eigenvalue weighted by atomic mass is 16.6. The molecule has 0 aromatic heterocycles. The molecule has 1 amide bonds. The predicted molar refractivity (Wildman–Crippen MR) is 93.5 cm³/mol. The van der Waals surface area contributed by atoms with Crippen LogP contribution in [0.3, 0.4) is 0 Å². The molecule has 2 aromatic rings. The zero-order valence-corrected chi connectivity index (χ0v) is 14.1. The average Bonchev–Trinajstić information content (AvgIpc) is 2.66. The first kappa shape index (κ1) is 18.7. The summed E-state index contributed by atoms with van der Waals surface area (Å²) in [6.45, 7) is 0. The van der Waals surface area contributed by atoms with Gasteiger partial charge in [0.15, 0.2) is 0 Å². The van der Waals surface area contributed by atoms with Crippen molar-refractivity contribution in [2.75, 3.05) is 14.2 Å². The van der Waals surface area contributed by atoms with Gasteiger partial charge in [0, 0.05) is 12.1 Å². The molecule has 2 aromatic carbocycles. The Morgan fingerprint density at radius 2 is 1.85 bits per heavy atom. The number of hydrogen-bond acceptors (Lipinski definition) is 6. The van der Waals surface area contributed by atoms with Crippen LogP contribution in [0.5, 0.6) is 5.75 Å². The molecule has 0 fully saturated rings. The number of benzene rings is 2. The molecule has 0 atom stereocenters. The number of nitrogens with one attached hydrogen (secondary N) is 1. The van der Waals surface area contributed by atoms with Crippen molar-refractivity contribution in [3.05, 3.63) is 75.5 Å². The number of hydrogen-bond donors (Lipinski definition) is 1. The third-order valence-electron chi connectivity index (χ3n) is 3.40. The number of esters is 1. The molecule has 8 heteroatoms. The van der Waals surface area contributed by atoms with Crippen LogP contribution in [0.15, 0.2) is 54.2 Å². The zero-order chi connectivity index (χ0) is 19.1. The molecule has 1 N–H and O–H groups in total. The van der Waals surface area contributed by atoms with E-state index in [1.165, 1.54) is 44.6 Å². The van der Waals surface area contributed by atoms with E-state index in [-0.39, 0.29) is 16.9 Å². The highest BCUT2D eigenvalue weighted by Gasteiger charge is 2.18. The van der Waals surface area contributed by atoms with E-state index in [2.05, 4.69) is 10.1 Å². The normalized spacial score (nSPS) is 10.8. The SMILES string of the molecule is COC(=O)C(=Cc1cccc([N+](=O)[O-])c1)NC(=O)c1ccccc1OC. The molecule has 0 spiro atoms. The molecule has 26 heavy (non-hydrogen) atoms. The number of rotatable bonds is 6. The van der Waals surface area contributed by atoms with Gasteiger partial charge in [-0.1, -0.05) is 24.3 Å². The quantitative estimate of drug-likeness (QED) is 0.369. The molecule has 0 aliphatic rings. The monoisotopic (exact) mass is 356 g/mol. The van der Waals surface area contributed by atoms with E-state index in [1.807, 2.05) is 0 Å². The standard InChI is InChI=1S/C18H16N2O6/c1-25-16-9-4-3-8-14(16)17(21)19-15(18(22)26-2)11-12-6-5-7-13(10-12)20(23)24/h3-11H,1-2H3,(H,19,21). The lowest BCUT2D eigenvalue weighted by Gasteiger charge is -2.11. The average molecular weight is 356 g/mol. The van der Waals surface area contributed by atoms with Crippen molar-refractivity contribution < 1.29 is 24.0 Å². The largest absolute Gasteiger partial charge is 0.496 e. The molecule has 0 saturated carbocycles. The van der Waals surface area contributed by atoms with Crippen LogP contribution < -0.4 is 10.1 Å².